The number of amides is 1. The van der Waals surface area contributed by atoms with Gasteiger partial charge in [-0.25, -0.2) is 4.57 Å². The number of nitrogens with zero attached hydrogens (tertiary/aromatic N) is 1. The minimum atomic E-state index is -4.29. The Balaban J connectivity index is 3.64. The molecule has 9 heteroatoms. The van der Waals surface area contributed by atoms with Gasteiger partial charge in [0.05, 0.1) is 39.9 Å². The van der Waals surface area contributed by atoms with Crippen molar-refractivity contribution >= 4 is 13.7 Å². The zero-order chi connectivity index (χ0) is 44.3. The van der Waals surface area contributed by atoms with Gasteiger partial charge in [0.15, 0.2) is 0 Å². The average Bonchev–Trinajstić information content (AvgIpc) is 3.20. The summed E-state index contributed by atoms with van der Waals surface area (Å²) >= 11 is 0. The second-order valence-electron chi connectivity index (χ2n) is 18.9. The summed E-state index contributed by atoms with van der Waals surface area (Å²) in [4.78, 5) is 22.9. The number of carbonyl (C=O) groups is 1. The molecule has 0 saturated heterocycles. The highest BCUT2D eigenvalue weighted by molar-refractivity contribution is 7.47. The van der Waals surface area contributed by atoms with Gasteiger partial charge in [-0.15, -0.1) is 0 Å². The summed E-state index contributed by atoms with van der Waals surface area (Å²) in [5.41, 5.74) is 0. The van der Waals surface area contributed by atoms with E-state index in [1.807, 2.05) is 21.1 Å². The van der Waals surface area contributed by atoms with Crippen LogP contribution in [0.3, 0.4) is 0 Å². The molecule has 0 fully saturated rings. The van der Waals surface area contributed by atoms with Crippen molar-refractivity contribution in [3.63, 3.8) is 0 Å². The smallest absolute Gasteiger partial charge is 0.391 e. The van der Waals surface area contributed by atoms with Crippen LogP contribution >= 0.6 is 7.82 Å². The summed E-state index contributed by atoms with van der Waals surface area (Å²) in [7, 11) is 1.62. The number of phosphoric ester groups is 1. The number of phosphoric acid groups is 1. The summed E-state index contributed by atoms with van der Waals surface area (Å²) in [6.45, 7) is 4.72. The maximum Gasteiger partial charge on any atom is 0.472 e. The summed E-state index contributed by atoms with van der Waals surface area (Å²) in [5, 5.41) is 13.6. The van der Waals surface area contributed by atoms with Crippen LogP contribution in [-0.2, 0) is 18.4 Å². The number of hydrogen-bond acceptors (Lipinski definition) is 5. The minimum absolute atomic E-state index is 0.0749. The molecule has 0 radical (unpaired) electrons. The van der Waals surface area contributed by atoms with E-state index >= 15 is 0 Å². The molecule has 0 spiro atoms. The number of unbranched alkanes of at least 4 members (excludes halogenated alkanes) is 30. The Morgan fingerprint density at radius 1 is 0.567 bits per heavy atom. The molecule has 0 aromatic rings. The largest absolute Gasteiger partial charge is 0.472 e. The molecule has 0 heterocycles. The summed E-state index contributed by atoms with van der Waals surface area (Å²) < 4.78 is 23.3. The molecule has 1 amide bonds. The van der Waals surface area contributed by atoms with E-state index in [0.717, 1.165) is 44.9 Å². The van der Waals surface area contributed by atoms with Crippen LogP contribution in [0.2, 0.25) is 0 Å². The van der Waals surface area contributed by atoms with Crippen LogP contribution in [0.4, 0.5) is 0 Å². The molecule has 3 atom stereocenters. The van der Waals surface area contributed by atoms with Crippen molar-refractivity contribution in [2.24, 2.45) is 0 Å². The SMILES string of the molecule is CCCCCCC/C=C\C/C=C\CCCCCCCCCCCCCCCCCCCCCCCCCC(=O)NC(COP(=O)(O)OCC[N+](C)(C)C)C(O)CCCCC. The first-order chi connectivity index (χ1) is 29.0. The molecular weight excluding hydrogens is 768 g/mol. The maximum atomic E-state index is 12.7. The molecule has 3 unspecified atom stereocenters. The van der Waals surface area contributed by atoms with Gasteiger partial charge in [-0.1, -0.05) is 218 Å². The highest BCUT2D eigenvalue weighted by Gasteiger charge is 2.28. The molecule has 0 saturated carbocycles. The number of allylic oxidation sites excluding steroid dienone is 4. The Morgan fingerprint density at radius 3 is 1.37 bits per heavy atom. The molecule has 356 valence electrons. The third-order valence-electron chi connectivity index (χ3n) is 11.7. The normalized spacial score (nSPS) is 14.3. The second-order valence-corrected chi connectivity index (χ2v) is 20.4. The zero-order valence-electron chi connectivity index (χ0n) is 40.5. The lowest BCUT2D eigenvalue weighted by molar-refractivity contribution is -0.870. The van der Waals surface area contributed by atoms with Gasteiger partial charge in [-0.05, 0) is 44.9 Å². The van der Waals surface area contributed by atoms with E-state index in [4.69, 9.17) is 9.05 Å². The van der Waals surface area contributed by atoms with E-state index in [0.29, 0.717) is 23.9 Å². The fourth-order valence-corrected chi connectivity index (χ4v) is 8.34. The minimum Gasteiger partial charge on any atom is -0.391 e. The number of rotatable bonds is 47. The fraction of sp³-hybridized carbons (Fsp3) is 0.902. The van der Waals surface area contributed by atoms with Crippen molar-refractivity contribution in [3.05, 3.63) is 24.3 Å². The van der Waals surface area contributed by atoms with Crippen LogP contribution in [0.1, 0.15) is 245 Å². The first kappa shape index (κ1) is 59.0. The van der Waals surface area contributed by atoms with Crippen molar-refractivity contribution in [1.82, 2.24) is 5.32 Å². The molecule has 0 aliphatic rings. The first-order valence-corrected chi connectivity index (χ1v) is 27.2. The fourth-order valence-electron chi connectivity index (χ4n) is 7.61. The van der Waals surface area contributed by atoms with E-state index in [-0.39, 0.29) is 19.1 Å². The lowest BCUT2D eigenvalue weighted by Crippen LogP contribution is -2.46. The third-order valence-corrected chi connectivity index (χ3v) is 12.7. The second kappa shape index (κ2) is 43.2. The van der Waals surface area contributed by atoms with Gasteiger partial charge in [0.25, 0.3) is 0 Å². The summed E-state index contributed by atoms with van der Waals surface area (Å²) in [6, 6.07) is -0.752. The van der Waals surface area contributed by atoms with Crippen molar-refractivity contribution in [2.75, 3.05) is 40.9 Å². The standard InChI is InChI=1S/C51H101N2O6P/c1-6-8-10-11-12-13-14-15-16-17-18-19-20-21-22-23-24-25-26-27-28-29-30-31-32-33-34-35-36-37-38-39-40-41-43-45-51(55)52-49(50(54)44-42-9-7-2)48-59-60(56,57)58-47-46-53(3,4)5/h14-15,17-18,49-50,54H,6-13,16,19-48H2,1-5H3,(H-,52,55,56,57)/p+1/b15-14-,18-17-. The number of likely N-dealkylation sites (N-methyl/N-ethyl adjacent to an activating group) is 1. The van der Waals surface area contributed by atoms with Crippen LogP contribution < -0.4 is 5.32 Å². The average molecular weight is 870 g/mol. The van der Waals surface area contributed by atoms with E-state index in [9.17, 15) is 19.4 Å². The van der Waals surface area contributed by atoms with E-state index in [2.05, 4.69) is 43.5 Å². The highest BCUT2D eigenvalue weighted by Crippen LogP contribution is 2.43. The predicted octanol–water partition coefficient (Wildman–Crippen LogP) is 14.9. The van der Waals surface area contributed by atoms with Gasteiger partial charge in [0.1, 0.15) is 13.2 Å². The lowest BCUT2D eigenvalue weighted by Gasteiger charge is -2.26. The van der Waals surface area contributed by atoms with Gasteiger partial charge >= 0.3 is 7.82 Å². The van der Waals surface area contributed by atoms with Crippen molar-refractivity contribution in [3.8, 4) is 0 Å². The molecule has 0 aromatic carbocycles. The highest BCUT2D eigenvalue weighted by atomic mass is 31.2. The van der Waals surface area contributed by atoms with Crippen molar-refractivity contribution in [1.29, 1.82) is 0 Å². The Kier molecular flexibility index (Phi) is 42.5. The lowest BCUT2D eigenvalue weighted by atomic mass is 10.0. The summed E-state index contributed by atoms with van der Waals surface area (Å²) in [6.07, 6.45) is 53.4. The number of aliphatic hydroxyl groups is 1. The molecule has 0 aliphatic heterocycles. The number of hydrogen-bond donors (Lipinski definition) is 3. The van der Waals surface area contributed by atoms with Crippen molar-refractivity contribution in [2.45, 2.75) is 257 Å². The molecule has 0 aliphatic carbocycles. The molecule has 0 rings (SSSR count). The van der Waals surface area contributed by atoms with E-state index < -0.39 is 20.0 Å². The van der Waals surface area contributed by atoms with Crippen LogP contribution in [0.15, 0.2) is 24.3 Å². The van der Waals surface area contributed by atoms with Crippen LogP contribution in [0.5, 0.6) is 0 Å². The van der Waals surface area contributed by atoms with Crippen LogP contribution in [0, 0.1) is 0 Å². The number of nitrogens with one attached hydrogen (secondary N) is 1. The Morgan fingerprint density at radius 2 is 0.950 bits per heavy atom. The quantitative estimate of drug-likeness (QED) is 0.0243. The number of carbonyl (C=O) groups excluding carboxylic acids is 1. The Hall–Kier alpha value is -1.02. The van der Waals surface area contributed by atoms with E-state index in [1.165, 1.54) is 173 Å². The van der Waals surface area contributed by atoms with Gasteiger partial charge in [-0.2, -0.15) is 0 Å². The molecule has 0 bridgehead atoms. The zero-order valence-corrected chi connectivity index (χ0v) is 41.4. The topological polar surface area (TPSA) is 105 Å². The monoisotopic (exact) mass is 870 g/mol. The molecular formula is C51H102N2O6P+. The Labute approximate surface area is 373 Å². The van der Waals surface area contributed by atoms with Crippen LogP contribution in [-0.4, -0.2) is 73.4 Å². The van der Waals surface area contributed by atoms with Crippen LogP contribution in [0.25, 0.3) is 0 Å². The van der Waals surface area contributed by atoms with Gasteiger partial charge in [0, 0.05) is 6.42 Å². The summed E-state index contributed by atoms with van der Waals surface area (Å²) in [5.74, 6) is -0.152. The predicted molar refractivity (Wildman–Crippen MR) is 258 cm³/mol. The van der Waals surface area contributed by atoms with Gasteiger partial charge < -0.3 is 19.8 Å². The number of quaternary nitrogens is 1. The molecule has 8 nitrogen and oxygen atoms in total. The first-order valence-electron chi connectivity index (χ1n) is 25.7. The van der Waals surface area contributed by atoms with E-state index in [1.54, 1.807) is 0 Å². The Bertz CT molecular complexity index is 1030. The molecule has 0 aromatic heterocycles. The van der Waals surface area contributed by atoms with Gasteiger partial charge in [0.2, 0.25) is 5.91 Å². The molecule has 3 N–H and O–H groups in total. The van der Waals surface area contributed by atoms with Crippen molar-refractivity contribution < 1.29 is 32.9 Å². The molecule has 60 heavy (non-hydrogen) atoms. The van der Waals surface area contributed by atoms with Gasteiger partial charge in [-0.3, -0.25) is 13.8 Å². The third kappa shape index (κ3) is 45.0. The number of aliphatic hydroxyl groups excluding tert-OH is 1. The maximum absolute atomic E-state index is 12.7.